The molecule has 1 heterocycles. The lowest BCUT2D eigenvalue weighted by Crippen LogP contribution is -2.31. The first kappa shape index (κ1) is 21.8. The predicted molar refractivity (Wildman–Crippen MR) is 115 cm³/mol. The van der Waals surface area contributed by atoms with Crippen LogP contribution in [0.4, 0.5) is 5.00 Å². The highest BCUT2D eigenvalue weighted by Gasteiger charge is 2.26. The SMILES string of the molecule is CCc1ccc(C(C)NC(=S)Nc2sc(C(=O)OC)c(C)c2C(=O)OC)cc1. The van der Waals surface area contributed by atoms with E-state index < -0.39 is 11.9 Å². The summed E-state index contributed by atoms with van der Waals surface area (Å²) in [5.41, 5.74) is 3.13. The van der Waals surface area contributed by atoms with Crippen molar-refractivity contribution in [1.29, 1.82) is 0 Å². The molecule has 2 rings (SSSR count). The van der Waals surface area contributed by atoms with Crippen molar-refractivity contribution in [3.05, 3.63) is 51.4 Å². The van der Waals surface area contributed by atoms with E-state index in [0.717, 1.165) is 23.3 Å². The Morgan fingerprint density at radius 1 is 1.14 bits per heavy atom. The molecule has 0 radical (unpaired) electrons. The number of anilines is 1. The first-order chi connectivity index (χ1) is 13.3. The van der Waals surface area contributed by atoms with Crippen LogP contribution in [0.25, 0.3) is 0 Å². The molecule has 0 aliphatic heterocycles. The first-order valence-electron chi connectivity index (χ1n) is 8.78. The van der Waals surface area contributed by atoms with Crippen molar-refractivity contribution in [3.63, 3.8) is 0 Å². The highest BCUT2D eigenvalue weighted by atomic mass is 32.1. The number of hydrogen-bond acceptors (Lipinski definition) is 6. The largest absolute Gasteiger partial charge is 0.465 e. The number of hydrogen-bond donors (Lipinski definition) is 2. The van der Waals surface area contributed by atoms with Gasteiger partial charge in [-0.3, -0.25) is 0 Å². The summed E-state index contributed by atoms with van der Waals surface area (Å²) < 4.78 is 9.64. The van der Waals surface area contributed by atoms with Gasteiger partial charge in [0.25, 0.3) is 0 Å². The van der Waals surface area contributed by atoms with E-state index in [0.29, 0.717) is 20.6 Å². The number of nitrogens with one attached hydrogen (secondary N) is 2. The molecule has 0 spiro atoms. The van der Waals surface area contributed by atoms with E-state index in [1.165, 1.54) is 19.8 Å². The number of aryl methyl sites for hydroxylation is 1. The molecular formula is C20H24N2O4S2. The maximum Gasteiger partial charge on any atom is 0.348 e. The zero-order valence-electron chi connectivity index (χ0n) is 16.5. The molecule has 1 aromatic heterocycles. The molecule has 1 unspecified atom stereocenters. The van der Waals surface area contributed by atoms with E-state index >= 15 is 0 Å². The van der Waals surface area contributed by atoms with Gasteiger partial charge in [0.2, 0.25) is 0 Å². The van der Waals surface area contributed by atoms with Crippen molar-refractivity contribution in [2.24, 2.45) is 0 Å². The fourth-order valence-electron chi connectivity index (χ4n) is 2.70. The van der Waals surface area contributed by atoms with Gasteiger partial charge in [-0.2, -0.15) is 0 Å². The Labute approximate surface area is 174 Å². The van der Waals surface area contributed by atoms with Crippen molar-refractivity contribution in [1.82, 2.24) is 5.32 Å². The minimum atomic E-state index is -0.544. The number of carbonyl (C=O) groups is 2. The molecule has 1 aromatic carbocycles. The lowest BCUT2D eigenvalue weighted by molar-refractivity contribution is 0.0601. The number of rotatable bonds is 6. The van der Waals surface area contributed by atoms with Crippen molar-refractivity contribution in [2.45, 2.75) is 33.2 Å². The Morgan fingerprint density at radius 2 is 1.75 bits per heavy atom. The van der Waals surface area contributed by atoms with Crippen LogP contribution in [-0.2, 0) is 15.9 Å². The van der Waals surface area contributed by atoms with Crippen molar-refractivity contribution >= 4 is 45.6 Å². The normalized spacial score (nSPS) is 11.5. The monoisotopic (exact) mass is 420 g/mol. The Morgan fingerprint density at radius 3 is 2.29 bits per heavy atom. The zero-order chi connectivity index (χ0) is 20.8. The summed E-state index contributed by atoms with van der Waals surface area (Å²) in [4.78, 5) is 24.5. The van der Waals surface area contributed by atoms with Gasteiger partial charge in [-0.15, -0.1) is 11.3 Å². The minimum absolute atomic E-state index is 0.0337. The maximum absolute atomic E-state index is 12.2. The predicted octanol–water partition coefficient (Wildman–Crippen LogP) is 4.24. The van der Waals surface area contributed by atoms with E-state index in [2.05, 4.69) is 41.8 Å². The molecule has 0 bridgehead atoms. The lowest BCUT2D eigenvalue weighted by Gasteiger charge is -2.17. The molecule has 2 aromatic rings. The zero-order valence-corrected chi connectivity index (χ0v) is 18.2. The molecule has 0 amide bonds. The van der Waals surface area contributed by atoms with E-state index in [4.69, 9.17) is 21.7 Å². The average molecular weight is 421 g/mol. The Balaban J connectivity index is 2.19. The summed E-state index contributed by atoms with van der Waals surface area (Å²) in [6.07, 6.45) is 0.985. The van der Waals surface area contributed by atoms with Crippen LogP contribution in [0.2, 0.25) is 0 Å². The number of esters is 2. The summed E-state index contributed by atoms with van der Waals surface area (Å²) in [5.74, 6) is -1.05. The summed E-state index contributed by atoms with van der Waals surface area (Å²) in [7, 11) is 2.59. The van der Waals surface area contributed by atoms with E-state index in [1.807, 2.05) is 6.92 Å². The summed E-state index contributed by atoms with van der Waals surface area (Å²) in [6.45, 7) is 5.78. The van der Waals surface area contributed by atoms with Crippen LogP contribution in [0.15, 0.2) is 24.3 Å². The van der Waals surface area contributed by atoms with Gasteiger partial charge in [-0.1, -0.05) is 31.2 Å². The van der Waals surface area contributed by atoms with Gasteiger partial charge in [0, 0.05) is 0 Å². The molecular weight excluding hydrogens is 396 g/mol. The molecule has 0 aliphatic carbocycles. The van der Waals surface area contributed by atoms with Crippen LogP contribution in [0.5, 0.6) is 0 Å². The molecule has 0 aliphatic rings. The molecule has 8 heteroatoms. The number of ether oxygens (including phenoxy) is 2. The smallest absolute Gasteiger partial charge is 0.348 e. The summed E-state index contributed by atoms with van der Waals surface area (Å²) in [6, 6.07) is 8.26. The highest BCUT2D eigenvalue weighted by Crippen LogP contribution is 2.34. The van der Waals surface area contributed by atoms with E-state index in [1.54, 1.807) is 6.92 Å². The number of thiophene rings is 1. The van der Waals surface area contributed by atoms with E-state index in [-0.39, 0.29) is 11.6 Å². The van der Waals surface area contributed by atoms with Gasteiger partial charge < -0.3 is 20.1 Å². The third kappa shape index (κ3) is 4.88. The van der Waals surface area contributed by atoms with Crippen LogP contribution >= 0.6 is 23.6 Å². The number of carbonyl (C=O) groups excluding carboxylic acids is 2. The topological polar surface area (TPSA) is 76.7 Å². The fraction of sp³-hybridized carbons (Fsp3) is 0.350. The van der Waals surface area contributed by atoms with Crippen LogP contribution in [0.3, 0.4) is 0 Å². The molecule has 28 heavy (non-hydrogen) atoms. The highest BCUT2D eigenvalue weighted by molar-refractivity contribution is 7.80. The summed E-state index contributed by atoms with van der Waals surface area (Å²) in [5, 5.41) is 7.00. The van der Waals surface area contributed by atoms with Gasteiger partial charge in [-0.25, -0.2) is 9.59 Å². The fourth-order valence-corrected chi connectivity index (χ4v) is 4.16. The first-order valence-corrected chi connectivity index (χ1v) is 10.0. The molecule has 1 atom stereocenters. The second-order valence-electron chi connectivity index (χ2n) is 6.16. The van der Waals surface area contributed by atoms with Gasteiger partial charge in [0.15, 0.2) is 5.11 Å². The maximum atomic E-state index is 12.2. The molecule has 0 fully saturated rings. The molecule has 0 saturated carbocycles. The second kappa shape index (κ2) is 9.66. The Hall–Kier alpha value is -2.45. The van der Waals surface area contributed by atoms with Gasteiger partial charge >= 0.3 is 11.9 Å². The summed E-state index contributed by atoms with van der Waals surface area (Å²) >= 11 is 6.51. The van der Waals surface area contributed by atoms with Gasteiger partial charge in [0.05, 0.1) is 25.8 Å². The van der Waals surface area contributed by atoms with Crippen LogP contribution in [0, 0.1) is 6.92 Å². The van der Waals surface area contributed by atoms with Crippen molar-refractivity contribution in [3.8, 4) is 0 Å². The van der Waals surface area contributed by atoms with E-state index in [9.17, 15) is 9.59 Å². The van der Waals surface area contributed by atoms with Crippen molar-refractivity contribution in [2.75, 3.05) is 19.5 Å². The number of benzene rings is 1. The molecule has 2 N–H and O–H groups in total. The second-order valence-corrected chi connectivity index (χ2v) is 7.59. The average Bonchev–Trinajstić information content (AvgIpc) is 3.02. The van der Waals surface area contributed by atoms with Crippen LogP contribution in [0.1, 0.15) is 56.6 Å². The Kier molecular flexibility index (Phi) is 7.53. The Bertz CT molecular complexity index is 875. The molecule has 0 saturated heterocycles. The minimum Gasteiger partial charge on any atom is -0.465 e. The molecule has 6 nitrogen and oxygen atoms in total. The number of methoxy groups -OCH3 is 2. The number of thiocarbonyl (C=S) groups is 1. The quantitative estimate of drug-likeness (QED) is 0.535. The standard InChI is InChI=1S/C20H24N2O4S2/c1-6-13-7-9-14(10-8-13)12(3)21-20(27)22-17-15(18(23)25-4)11(2)16(28-17)19(24)26-5/h7-10,12H,6H2,1-5H3,(H2,21,22,27). The van der Waals surface area contributed by atoms with Gasteiger partial charge in [0.1, 0.15) is 9.88 Å². The van der Waals surface area contributed by atoms with Gasteiger partial charge in [-0.05, 0) is 49.2 Å². The molecule has 150 valence electrons. The van der Waals surface area contributed by atoms with Crippen molar-refractivity contribution < 1.29 is 19.1 Å². The third-order valence-corrected chi connectivity index (χ3v) is 5.78. The van der Waals surface area contributed by atoms with Crippen LogP contribution in [-0.4, -0.2) is 31.3 Å². The van der Waals surface area contributed by atoms with Crippen LogP contribution < -0.4 is 10.6 Å². The lowest BCUT2D eigenvalue weighted by atomic mass is 10.1. The third-order valence-electron chi connectivity index (χ3n) is 4.37.